The lowest BCUT2D eigenvalue weighted by molar-refractivity contribution is 0.0948. The second kappa shape index (κ2) is 6.75. The third-order valence-corrected chi connectivity index (χ3v) is 3.36. The summed E-state index contributed by atoms with van der Waals surface area (Å²) in [5.41, 5.74) is 5.87. The van der Waals surface area contributed by atoms with Gasteiger partial charge in [0, 0.05) is 5.69 Å². The lowest BCUT2D eigenvalue weighted by atomic mass is 10.2. The maximum absolute atomic E-state index is 12.5. The molecule has 3 rings (SSSR count). The SMILES string of the molecule is Cc1cccc(C(=O)NN(c2ccccc2)c2ccccc2)n1. The van der Waals surface area contributed by atoms with Crippen LogP contribution in [0.4, 0.5) is 11.4 Å². The monoisotopic (exact) mass is 303 g/mol. The highest BCUT2D eigenvalue weighted by Gasteiger charge is 2.14. The minimum Gasteiger partial charge on any atom is -0.266 e. The molecular weight excluding hydrogens is 286 g/mol. The van der Waals surface area contributed by atoms with E-state index in [0.717, 1.165) is 17.1 Å². The molecule has 0 aliphatic heterocycles. The van der Waals surface area contributed by atoms with E-state index in [2.05, 4.69) is 10.4 Å². The standard InChI is InChI=1S/C19H17N3O/c1-15-9-8-14-18(20-15)19(23)21-22(16-10-4-2-5-11-16)17-12-6-3-7-13-17/h2-14H,1H3,(H,21,23). The number of benzene rings is 2. The summed E-state index contributed by atoms with van der Waals surface area (Å²) in [5, 5.41) is 1.76. The van der Waals surface area contributed by atoms with Crippen LogP contribution in [0.2, 0.25) is 0 Å². The third-order valence-electron chi connectivity index (χ3n) is 3.36. The first kappa shape index (κ1) is 14.8. The highest BCUT2D eigenvalue weighted by molar-refractivity contribution is 5.94. The topological polar surface area (TPSA) is 45.2 Å². The molecule has 3 aromatic rings. The van der Waals surface area contributed by atoms with Crippen molar-refractivity contribution in [3.8, 4) is 0 Å². The Hall–Kier alpha value is -3.14. The van der Waals surface area contributed by atoms with Crippen LogP contribution in [0.5, 0.6) is 0 Å². The Balaban J connectivity index is 1.92. The van der Waals surface area contributed by atoms with E-state index in [0.29, 0.717) is 5.69 Å². The Morgan fingerprint density at radius 2 is 1.39 bits per heavy atom. The van der Waals surface area contributed by atoms with Crippen molar-refractivity contribution in [3.63, 3.8) is 0 Å². The number of carbonyl (C=O) groups is 1. The van der Waals surface area contributed by atoms with E-state index in [-0.39, 0.29) is 5.91 Å². The van der Waals surface area contributed by atoms with E-state index in [1.807, 2.05) is 79.7 Å². The molecule has 0 aliphatic carbocycles. The molecule has 0 unspecified atom stereocenters. The molecule has 0 saturated heterocycles. The first-order chi connectivity index (χ1) is 11.2. The number of hydrogen-bond donors (Lipinski definition) is 1. The maximum atomic E-state index is 12.5. The maximum Gasteiger partial charge on any atom is 0.288 e. The van der Waals surface area contributed by atoms with Gasteiger partial charge in [0.2, 0.25) is 0 Å². The molecule has 1 N–H and O–H groups in total. The van der Waals surface area contributed by atoms with Crippen molar-refractivity contribution in [1.82, 2.24) is 10.4 Å². The summed E-state index contributed by atoms with van der Waals surface area (Å²) >= 11 is 0. The average Bonchev–Trinajstić information content (AvgIpc) is 2.61. The fourth-order valence-electron chi connectivity index (χ4n) is 2.26. The smallest absolute Gasteiger partial charge is 0.266 e. The summed E-state index contributed by atoms with van der Waals surface area (Å²) in [7, 11) is 0. The Morgan fingerprint density at radius 3 is 1.91 bits per heavy atom. The molecule has 0 bridgehead atoms. The number of nitrogens with one attached hydrogen (secondary N) is 1. The molecule has 2 aromatic carbocycles. The molecule has 1 amide bonds. The van der Waals surface area contributed by atoms with Crippen LogP contribution >= 0.6 is 0 Å². The molecule has 114 valence electrons. The molecule has 23 heavy (non-hydrogen) atoms. The van der Waals surface area contributed by atoms with Gasteiger partial charge in [0.1, 0.15) is 5.69 Å². The normalized spacial score (nSPS) is 10.1. The molecule has 1 heterocycles. The van der Waals surface area contributed by atoms with Gasteiger partial charge in [-0.1, -0.05) is 42.5 Å². The van der Waals surface area contributed by atoms with Crippen LogP contribution in [0.25, 0.3) is 0 Å². The number of pyridine rings is 1. The highest BCUT2D eigenvalue weighted by Crippen LogP contribution is 2.22. The quantitative estimate of drug-likeness (QED) is 0.744. The van der Waals surface area contributed by atoms with Gasteiger partial charge in [-0.25, -0.2) is 4.98 Å². The summed E-state index contributed by atoms with van der Waals surface area (Å²) in [6.45, 7) is 1.86. The summed E-state index contributed by atoms with van der Waals surface area (Å²) in [6.07, 6.45) is 0. The third kappa shape index (κ3) is 3.55. The van der Waals surface area contributed by atoms with Crippen molar-refractivity contribution in [1.29, 1.82) is 0 Å². The number of hydrogen-bond acceptors (Lipinski definition) is 3. The molecule has 4 nitrogen and oxygen atoms in total. The van der Waals surface area contributed by atoms with Gasteiger partial charge in [-0.3, -0.25) is 15.2 Å². The van der Waals surface area contributed by atoms with E-state index >= 15 is 0 Å². The number of amides is 1. The fraction of sp³-hybridized carbons (Fsp3) is 0.0526. The van der Waals surface area contributed by atoms with E-state index < -0.39 is 0 Å². The van der Waals surface area contributed by atoms with Gasteiger partial charge in [0.15, 0.2) is 0 Å². The summed E-state index contributed by atoms with van der Waals surface area (Å²) in [5.74, 6) is -0.249. The van der Waals surface area contributed by atoms with Crippen molar-refractivity contribution in [2.75, 3.05) is 5.01 Å². The molecule has 0 aliphatic rings. The predicted molar refractivity (Wildman–Crippen MR) is 91.5 cm³/mol. The minimum atomic E-state index is -0.249. The van der Waals surface area contributed by atoms with Crippen molar-refractivity contribution < 1.29 is 4.79 Å². The van der Waals surface area contributed by atoms with Crippen LogP contribution in [0.15, 0.2) is 78.9 Å². The number of hydrazine groups is 1. The van der Waals surface area contributed by atoms with Crippen LogP contribution in [0, 0.1) is 6.92 Å². The number of aromatic nitrogens is 1. The van der Waals surface area contributed by atoms with Crippen molar-refractivity contribution in [2.45, 2.75) is 6.92 Å². The van der Waals surface area contributed by atoms with Gasteiger partial charge in [-0.15, -0.1) is 0 Å². The zero-order valence-corrected chi connectivity index (χ0v) is 12.8. The first-order valence-electron chi connectivity index (χ1n) is 7.39. The molecule has 0 saturated carbocycles. The number of carbonyl (C=O) groups excluding carboxylic acids is 1. The second-order valence-electron chi connectivity index (χ2n) is 5.11. The van der Waals surface area contributed by atoms with Gasteiger partial charge in [-0.2, -0.15) is 0 Å². The Bertz CT molecular complexity index is 748. The molecular formula is C19H17N3O. The highest BCUT2D eigenvalue weighted by atomic mass is 16.2. The molecule has 0 radical (unpaired) electrons. The fourth-order valence-corrected chi connectivity index (χ4v) is 2.26. The molecule has 0 atom stereocenters. The van der Waals surface area contributed by atoms with E-state index in [4.69, 9.17) is 0 Å². The number of aryl methyl sites for hydroxylation is 1. The van der Waals surface area contributed by atoms with Crippen LogP contribution in [-0.2, 0) is 0 Å². The van der Waals surface area contributed by atoms with Crippen LogP contribution in [0.1, 0.15) is 16.2 Å². The van der Waals surface area contributed by atoms with E-state index in [1.165, 1.54) is 0 Å². The summed E-state index contributed by atoms with van der Waals surface area (Å²) in [4.78, 5) is 16.8. The van der Waals surface area contributed by atoms with Gasteiger partial charge in [0.05, 0.1) is 11.4 Å². The largest absolute Gasteiger partial charge is 0.288 e. The van der Waals surface area contributed by atoms with Crippen LogP contribution in [0.3, 0.4) is 0 Å². The van der Waals surface area contributed by atoms with Gasteiger partial charge < -0.3 is 0 Å². The Morgan fingerprint density at radius 1 is 0.826 bits per heavy atom. The molecule has 4 heteroatoms. The number of rotatable bonds is 4. The van der Waals surface area contributed by atoms with Gasteiger partial charge >= 0.3 is 0 Å². The minimum absolute atomic E-state index is 0.249. The zero-order chi connectivity index (χ0) is 16.1. The van der Waals surface area contributed by atoms with Gasteiger partial charge in [0.25, 0.3) is 5.91 Å². The van der Waals surface area contributed by atoms with Crippen LogP contribution in [-0.4, -0.2) is 10.9 Å². The first-order valence-corrected chi connectivity index (χ1v) is 7.39. The number of para-hydroxylation sites is 2. The second-order valence-corrected chi connectivity index (χ2v) is 5.11. The van der Waals surface area contributed by atoms with Crippen molar-refractivity contribution in [2.24, 2.45) is 0 Å². The molecule has 0 spiro atoms. The number of nitrogens with zero attached hydrogens (tertiary/aromatic N) is 2. The van der Waals surface area contributed by atoms with Crippen LogP contribution < -0.4 is 10.4 Å². The lowest BCUT2D eigenvalue weighted by Gasteiger charge is -2.25. The molecule has 1 aromatic heterocycles. The Labute approximate surface area is 135 Å². The summed E-state index contributed by atoms with van der Waals surface area (Å²) < 4.78 is 0. The van der Waals surface area contributed by atoms with Gasteiger partial charge in [-0.05, 0) is 43.3 Å². The van der Waals surface area contributed by atoms with E-state index in [1.54, 1.807) is 11.1 Å². The summed E-state index contributed by atoms with van der Waals surface area (Å²) in [6, 6.07) is 24.8. The number of anilines is 2. The van der Waals surface area contributed by atoms with E-state index in [9.17, 15) is 4.79 Å². The lowest BCUT2D eigenvalue weighted by Crippen LogP contribution is -2.39. The zero-order valence-electron chi connectivity index (χ0n) is 12.8. The predicted octanol–water partition coefficient (Wildman–Crippen LogP) is 3.87. The average molecular weight is 303 g/mol. The van der Waals surface area contributed by atoms with Crippen molar-refractivity contribution >= 4 is 17.3 Å². The molecule has 0 fully saturated rings. The van der Waals surface area contributed by atoms with Crippen molar-refractivity contribution in [3.05, 3.63) is 90.3 Å². The Kier molecular flexibility index (Phi) is 4.34.